The van der Waals surface area contributed by atoms with Crippen LogP contribution in [0.15, 0.2) is 0 Å². The molecule has 0 saturated heterocycles. The van der Waals surface area contributed by atoms with E-state index in [1.54, 1.807) is 0 Å². The molecule has 0 heterocycles. The Kier molecular flexibility index (Phi) is 11.1. The minimum Gasteiger partial charge on any atom is -0.465 e. The summed E-state index contributed by atoms with van der Waals surface area (Å²) in [6.07, 6.45) is 5.75. The summed E-state index contributed by atoms with van der Waals surface area (Å²) in [4.78, 5) is 11.6. The molecule has 1 unspecified atom stereocenters. The summed E-state index contributed by atoms with van der Waals surface area (Å²) in [6.45, 7) is 4.65. The van der Waals surface area contributed by atoms with E-state index in [1.807, 2.05) is 6.92 Å². The van der Waals surface area contributed by atoms with Crippen molar-refractivity contribution >= 4 is 18.0 Å². The fourth-order valence-electron chi connectivity index (χ4n) is 1.50. The van der Waals surface area contributed by atoms with Gasteiger partial charge in [-0.1, -0.05) is 26.7 Å². The van der Waals surface area contributed by atoms with Crippen LogP contribution in [0.2, 0.25) is 0 Å². The van der Waals surface area contributed by atoms with E-state index in [0.29, 0.717) is 12.4 Å². The highest BCUT2D eigenvalue weighted by Gasteiger charge is 2.16. The number of carbonyl (C=O) groups excluding carboxylic acids is 1. The largest absolute Gasteiger partial charge is 0.465 e. The van der Waals surface area contributed by atoms with Gasteiger partial charge < -0.3 is 9.29 Å². The van der Waals surface area contributed by atoms with Crippen molar-refractivity contribution in [2.24, 2.45) is 5.92 Å². The summed E-state index contributed by atoms with van der Waals surface area (Å²) in [5, 5.41) is 0. The molecule has 0 aliphatic rings. The number of rotatable bonds is 10. The standard InChI is InChI=1S/C12H24O3S/c1-3-5-8-11(4-2)12(13)15-9-6-7-10-16-14/h11,14H,3-10H2,1-2H3. The average Bonchev–Trinajstić information content (AvgIpc) is 2.30. The third kappa shape index (κ3) is 7.99. The van der Waals surface area contributed by atoms with Crippen molar-refractivity contribution in [2.45, 2.75) is 52.4 Å². The van der Waals surface area contributed by atoms with Crippen LogP contribution in [0.5, 0.6) is 0 Å². The summed E-state index contributed by atoms with van der Waals surface area (Å²) in [5.74, 6) is 0.740. The first-order chi connectivity index (χ1) is 7.76. The SMILES string of the molecule is CCCCC(CC)C(=O)OCCCCSO. The van der Waals surface area contributed by atoms with E-state index >= 15 is 0 Å². The highest BCUT2D eigenvalue weighted by atomic mass is 32.2. The maximum absolute atomic E-state index is 11.6. The molecule has 0 saturated carbocycles. The minimum atomic E-state index is -0.0485. The normalized spacial score (nSPS) is 12.4. The molecule has 0 spiro atoms. The lowest BCUT2D eigenvalue weighted by atomic mass is 10.00. The fourth-order valence-corrected chi connectivity index (χ4v) is 1.83. The molecule has 1 N–H and O–H groups in total. The van der Waals surface area contributed by atoms with E-state index in [0.717, 1.165) is 50.6 Å². The second-order valence-corrected chi connectivity index (χ2v) is 4.62. The lowest BCUT2D eigenvalue weighted by Crippen LogP contribution is -2.17. The second kappa shape index (κ2) is 11.3. The number of unbranched alkanes of at least 4 members (excludes halogenated alkanes) is 2. The Bertz CT molecular complexity index is 174. The predicted molar refractivity (Wildman–Crippen MR) is 68.6 cm³/mol. The van der Waals surface area contributed by atoms with Gasteiger partial charge in [-0.2, -0.15) is 0 Å². The average molecular weight is 248 g/mol. The zero-order chi connectivity index (χ0) is 12.2. The number of ether oxygens (including phenoxy) is 1. The molecule has 0 amide bonds. The molecule has 96 valence electrons. The van der Waals surface area contributed by atoms with Crippen molar-refractivity contribution in [2.75, 3.05) is 12.4 Å². The van der Waals surface area contributed by atoms with Crippen LogP contribution in [0.4, 0.5) is 0 Å². The zero-order valence-corrected chi connectivity index (χ0v) is 11.2. The minimum absolute atomic E-state index is 0.0485. The van der Waals surface area contributed by atoms with Crippen molar-refractivity contribution < 1.29 is 14.1 Å². The van der Waals surface area contributed by atoms with Gasteiger partial charge in [-0.3, -0.25) is 4.79 Å². The zero-order valence-electron chi connectivity index (χ0n) is 10.4. The Morgan fingerprint density at radius 1 is 1.31 bits per heavy atom. The fraction of sp³-hybridized carbons (Fsp3) is 0.917. The molecule has 0 aromatic carbocycles. The highest BCUT2D eigenvalue weighted by molar-refractivity contribution is 7.93. The summed E-state index contributed by atoms with van der Waals surface area (Å²) in [6, 6.07) is 0. The van der Waals surface area contributed by atoms with Gasteiger partial charge in [0.05, 0.1) is 12.5 Å². The summed E-state index contributed by atoms with van der Waals surface area (Å²) in [7, 11) is 0. The third-order valence-electron chi connectivity index (χ3n) is 2.61. The Labute approximate surface area is 103 Å². The van der Waals surface area contributed by atoms with Crippen LogP contribution in [0, 0.1) is 5.92 Å². The van der Waals surface area contributed by atoms with Crippen molar-refractivity contribution in [1.82, 2.24) is 0 Å². The van der Waals surface area contributed by atoms with E-state index in [2.05, 4.69) is 6.92 Å². The summed E-state index contributed by atoms with van der Waals surface area (Å²) < 4.78 is 13.7. The Morgan fingerprint density at radius 3 is 2.62 bits per heavy atom. The Morgan fingerprint density at radius 2 is 2.06 bits per heavy atom. The van der Waals surface area contributed by atoms with Crippen LogP contribution < -0.4 is 0 Å². The maximum atomic E-state index is 11.6. The van der Waals surface area contributed by atoms with E-state index < -0.39 is 0 Å². The smallest absolute Gasteiger partial charge is 0.308 e. The van der Waals surface area contributed by atoms with Gasteiger partial charge in [0.25, 0.3) is 0 Å². The molecule has 16 heavy (non-hydrogen) atoms. The molecule has 0 aliphatic carbocycles. The van der Waals surface area contributed by atoms with Gasteiger partial charge in [-0.25, -0.2) is 0 Å². The number of hydrogen-bond acceptors (Lipinski definition) is 4. The van der Waals surface area contributed by atoms with E-state index in [9.17, 15) is 4.79 Å². The van der Waals surface area contributed by atoms with Gasteiger partial charge in [-0.15, -0.1) is 0 Å². The van der Waals surface area contributed by atoms with Gasteiger partial charge in [0.1, 0.15) is 0 Å². The van der Waals surface area contributed by atoms with Crippen LogP contribution in [0.1, 0.15) is 52.4 Å². The second-order valence-electron chi connectivity index (χ2n) is 3.96. The van der Waals surface area contributed by atoms with Gasteiger partial charge >= 0.3 is 5.97 Å². The molecule has 3 nitrogen and oxygen atoms in total. The lowest BCUT2D eigenvalue weighted by molar-refractivity contribution is -0.149. The number of carbonyl (C=O) groups is 1. The number of hydrogen-bond donors (Lipinski definition) is 1. The molecule has 0 aliphatic heterocycles. The molecule has 0 fully saturated rings. The van der Waals surface area contributed by atoms with Crippen molar-refractivity contribution in [3.8, 4) is 0 Å². The monoisotopic (exact) mass is 248 g/mol. The van der Waals surface area contributed by atoms with Gasteiger partial charge in [0.15, 0.2) is 0 Å². The summed E-state index contributed by atoms with van der Waals surface area (Å²) >= 11 is 0.842. The molecule has 0 aromatic rings. The van der Waals surface area contributed by atoms with E-state index in [4.69, 9.17) is 9.29 Å². The van der Waals surface area contributed by atoms with Crippen molar-refractivity contribution in [3.63, 3.8) is 0 Å². The van der Waals surface area contributed by atoms with Crippen molar-refractivity contribution in [1.29, 1.82) is 0 Å². The lowest BCUT2D eigenvalue weighted by Gasteiger charge is -2.13. The first-order valence-electron chi connectivity index (χ1n) is 6.19. The first-order valence-corrected chi connectivity index (χ1v) is 7.13. The molecule has 0 bridgehead atoms. The molecule has 1 atom stereocenters. The van der Waals surface area contributed by atoms with Gasteiger partial charge in [-0.05, 0) is 37.7 Å². The third-order valence-corrected chi connectivity index (χ3v) is 3.08. The quantitative estimate of drug-likeness (QED) is 0.363. The van der Waals surface area contributed by atoms with Gasteiger partial charge in [0.2, 0.25) is 0 Å². The molecule has 0 aromatic heterocycles. The Balaban J connectivity index is 3.58. The summed E-state index contributed by atoms with van der Waals surface area (Å²) in [5.41, 5.74) is 0. The Hall–Kier alpha value is -0.220. The molecule has 4 heteroatoms. The number of esters is 1. The van der Waals surface area contributed by atoms with Crippen LogP contribution >= 0.6 is 12.0 Å². The molecular formula is C12H24O3S. The predicted octanol–water partition coefficient (Wildman–Crippen LogP) is 3.73. The molecule has 0 radical (unpaired) electrons. The molecular weight excluding hydrogens is 224 g/mol. The van der Waals surface area contributed by atoms with Crippen LogP contribution in [-0.4, -0.2) is 22.9 Å². The van der Waals surface area contributed by atoms with Crippen molar-refractivity contribution in [3.05, 3.63) is 0 Å². The topological polar surface area (TPSA) is 46.5 Å². The van der Waals surface area contributed by atoms with Crippen LogP contribution in [-0.2, 0) is 9.53 Å². The van der Waals surface area contributed by atoms with E-state index in [-0.39, 0.29) is 11.9 Å². The molecule has 0 rings (SSSR count). The highest BCUT2D eigenvalue weighted by Crippen LogP contribution is 2.14. The van der Waals surface area contributed by atoms with E-state index in [1.165, 1.54) is 0 Å². The first kappa shape index (κ1) is 15.8. The maximum Gasteiger partial charge on any atom is 0.308 e. The van der Waals surface area contributed by atoms with Gasteiger partial charge in [0, 0.05) is 5.75 Å². The van der Waals surface area contributed by atoms with Crippen LogP contribution in [0.25, 0.3) is 0 Å². The van der Waals surface area contributed by atoms with Crippen LogP contribution in [0.3, 0.4) is 0 Å².